The number of alkyl halides is 2. The van der Waals surface area contributed by atoms with Crippen LogP contribution in [0.1, 0.15) is 20.3 Å². The topological polar surface area (TPSA) is 20.2 Å². The van der Waals surface area contributed by atoms with E-state index in [1.54, 1.807) is 0 Å². The Morgan fingerprint density at radius 1 is 1.60 bits per heavy atom. The summed E-state index contributed by atoms with van der Waals surface area (Å²) in [5, 5.41) is 8.61. The number of aliphatic hydroxyl groups excluding tert-OH is 1. The van der Waals surface area contributed by atoms with Crippen LogP contribution in [0.15, 0.2) is 12.3 Å². The van der Waals surface area contributed by atoms with Crippen molar-refractivity contribution in [1.29, 1.82) is 0 Å². The predicted octanol–water partition coefficient (Wildman–Crippen LogP) is 2.74. The fraction of sp³-hybridized carbons (Fsp3) is 0.714. The third kappa shape index (κ3) is 2.80. The zero-order valence-corrected chi connectivity index (χ0v) is 6.19. The summed E-state index contributed by atoms with van der Waals surface area (Å²) in [6.07, 6.45) is -2.47. The number of halogens is 2. The van der Waals surface area contributed by atoms with Crippen LogP contribution in [0.2, 0.25) is 0 Å². The van der Waals surface area contributed by atoms with Gasteiger partial charge in [-0.15, -0.1) is 0 Å². The molecular formula is C7H12F2O. The molecule has 0 aliphatic carbocycles. The Morgan fingerprint density at radius 3 is 2.10 bits per heavy atom. The summed E-state index contributed by atoms with van der Waals surface area (Å²) in [6.45, 7) is 5.92. The van der Waals surface area contributed by atoms with Gasteiger partial charge in [0.15, 0.2) is 0 Å². The minimum absolute atomic E-state index is 0.0509. The van der Waals surface area contributed by atoms with Crippen molar-refractivity contribution in [2.75, 3.05) is 0 Å². The number of rotatable bonds is 3. The molecule has 0 spiro atoms. The van der Waals surface area contributed by atoms with Gasteiger partial charge in [-0.3, -0.25) is 0 Å². The molecule has 0 rings (SSSR count). The van der Waals surface area contributed by atoms with Crippen molar-refractivity contribution in [1.82, 2.24) is 0 Å². The second-order valence-electron chi connectivity index (χ2n) is 3.03. The van der Waals surface area contributed by atoms with E-state index in [4.69, 9.17) is 5.11 Å². The van der Waals surface area contributed by atoms with Crippen molar-refractivity contribution in [2.45, 2.75) is 26.7 Å². The van der Waals surface area contributed by atoms with Gasteiger partial charge in [-0.2, -0.15) is 0 Å². The van der Waals surface area contributed by atoms with E-state index in [1.807, 2.05) is 0 Å². The van der Waals surface area contributed by atoms with Gasteiger partial charge in [-0.25, -0.2) is 8.78 Å². The molecule has 0 saturated heterocycles. The SMILES string of the molecule is C=C(O)CC(C)(C)C(F)F. The zero-order chi connectivity index (χ0) is 8.36. The molecule has 10 heavy (non-hydrogen) atoms. The Balaban J connectivity index is 3.99. The van der Waals surface area contributed by atoms with Crippen LogP contribution in [-0.4, -0.2) is 11.5 Å². The minimum Gasteiger partial charge on any atom is -0.513 e. The Kier molecular flexibility index (Phi) is 2.81. The van der Waals surface area contributed by atoms with Gasteiger partial charge < -0.3 is 5.11 Å². The van der Waals surface area contributed by atoms with Gasteiger partial charge in [0.05, 0.1) is 5.76 Å². The van der Waals surface area contributed by atoms with E-state index >= 15 is 0 Å². The van der Waals surface area contributed by atoms with Crippen molar-refractivity contribution >= 4 is 0 Å². The van der Waals surface area contributed by atoms with Gasteiger partial charge in [0.2, 0.25) is 6.43 Å². The van der Waals surface area contributed by atoms with Gasteiger partial charge in [0.1, 0.15) is 0 Å². The number of allylic oxidation sites excluding steroid dienone is 1. The zero-order valence-electron chi connectivity index (χ0n) is 6.19. The predicted molar refractivity (Wildman–Crippen MR) is 36.2 cm³/mol. The van der Waals surface area contributed by atoms with Gasteiger partial charge in [-0.1, -0.05) is 20.4 Å². The van der Waals surface area contributed by atoms with Crippen LogP contribution in [-0.2, 0) is 0 Å². The summed E-state index contributed by atoms with van der Waals surface area (Å²) >= 11 is 0. The van der Waals surface area contributed by atoms with Crippen LogP contribution >= 0.6 is 0 Å². The fourth-order valence-corrected chi connectivity index (χ4v) is 0.603. The summed E-state index contributed by atoms with van der Waals surface area (Å²) in [4.78, 5) is 0. The molecule has 0 aromatic rings. The smallest absolute Gasteiger partial charge is 0.244 e. The van der Waals surface area contributed by atoms with E-state index < -0.39 is 11.8 Å². The quantitative estimate of drug-likeness (QED) is 0.613. The lowest BCUT2D eigenvalue weighted by Crippen LogP contribution is -2.22. The first-order chi connectivity index (χ1) is 4.36. The standard InChI is InChI=1S/C7H12F2O/c1-5(10)4-7(2,3)6(8)9/h6,10H,1,4H2,2-3H3. The third-order valence-electron chi connectivity index (χ3n) is 1.25. The Labute approximate surface area is 59.4 Å². The molecule has 0 fully saturated rings. The Hall–Kier alpha value is -0.600. The molecule has 0 unspecified atom stereocenters. The molecule has 1 nitrogen and oxygen atoms in total. The molecule has 0 heterocycles. The van der Waals surface area contributed by atoms with Crippen LogP contribution in [0, 0.1) is 5.41 Å². The van der Waals surface area contributed by atoms with E-state index in [9.17, 15) is 8.78 Å². The molecule has 1 N–H and O–H groups in total. The van der Waals surface area contributed by atoms with Crippen LogP contribution in [0.25, 0.3) is 0 Å². The van der Waals surface area contributed by atoms with Gasteiger partial charge in [-0.05, 0) is 0 Å². The first kappa shape index (κ1) is 9.40. The molecule has 0 bridgehead atoms. The molecule has 3 heteroatoms. The summed E-state index contributed by atoms with van der Waals surface area (Å²) < 4.78 is 24.0. The largest absolute Gasteiger partial charge is 0.513 e. The first-order valence-corrected chi connectivity index (χ1v) is 3.01. The molecular weight excluding hydrogens is 138 g/mol. The van der Waals surface area contributed by atoms with Crippen molar-refractivity contribution in [3.63, 3.8) is 0 Å². The van der Waals surface area contributed by atoms with E-state index in [0.717, 1.165) is 0 Å². The van der Waals surface area contributed by atoms with Gasteiger partial charge >= 0.3 is 0 Å². The van der Waals surface area contributed by atoms with E-state index in [1.165, 1.54) is 13.8 Å². The van der Waals surface area contributed by atoms with E-state index in [2.05, 4.69) is 6.58 Å². The highest BCUT2D eigenvalue weighted by Gasteiger charge is 2.29. The molecule has 0 aromatic carbocycles. The number of hydrogen-bond acceptors (Lipinski definition) is 1. The van der Waals surface area contributed by atoms with Crippen molar-refractivity contribution in [2.24, 2.45) is 5.41 Å². The average Bonchev–Trinajstić information content (AvgIpc) is 1.60. The highest BCUT2D eigenvalue weighted by atomic mass is 19.3. The summed E-state index contributed by atoms with van der Waals surface area (Å²) in [7, 11) is 0. The maximum atomic E-state index is 12.0. The summed E-state index contributed by atoms with van der Waals surface area (Å²) in [5.41, 5.74) is -1.16. The number of hydrogen-bond donors (Lipinski definition) is 1. The fourth-order valence-electron chi connectivity index (χ4n) is 0.603. The van der Waals surface area contributed by atoms with Crippen LogP contribution in [0.4, 0.5) is 8.78 Å². The highest BCUT2D eigenvalue weighted by molar-refractivity contribution is 4.88. The Morgan fingerprint density at radius 2 is 2.00 bits per heavy atom. The van der Waals surface area contributed by atoms with Gasteiger partial charge in [0.25, 0.3) is 0 Å². The maximum absolute atomic E-state index is 12.0. The lowest BCUT2D eigenvalue weighted by molar-refractivity contribution is 0.0140. The normalized spacial score (nSPS) is 12.1. The van der Waals surface area contributed by atoms with Crippen molar-refractivity contribution in [3.05, 3.63) is 12.3 Å². The maximum Gasteiger partial charge on any atom is 0.244 e. The van der Waals surface area contributed by atoms with E-state index in [-0.39, 0.29) is 12.2 Å². The molecule has 0 radical (unpaired) electrons. The monoisotopic (exact) mass is 150 g/mol. The van der Waals surface area contributed by atoms with Crippen LogP contribution in [0.5, 0.6) is 0 Å². The summed E-state index contributed by atoms with van der Waals surface area (Å²) in [6, 6.07) is 0. The molecule has 60 valence electrons. The lowest BCUT2D eigenvalue weighted by Gasteiger charge is -2.22. The molecule has 0 aliphatic rings. The van der Waals surface area contributed by atoms with E-state index in [0.29, 0.717) is 0 Å². The molecule has 0 atom stereocenters. The second-order valence-corrected chi connectivity index (χ2v) is 3.03. The summed E-state index contributed by atoms with van der Waals surface area (Å²) in [5.74, 6) is -0.190. The molecule has 0 aromatic heterocycles. The minimum atomic E-state index is -2.42. The van der Waals surface area contributed by atoms with Gasteiger partial charge in [0, 0.05) is 11.8 Å². The highest BCUT2D eigenvalue weighted by Crippen LogP contribution is 2.30. The first-order valence-electron chi connectivity index (χ1n) is 3.01. The molecule has 0 amide bonds. The van der Waals surface area contributed by atoms with Crippen molar-refractivity contribution in [3.8, 4) is 0 Å². The van der Waals surface area contributed by atoms with Crippen LogP contribution < -0.4 is 0 Å². The molecule has 0 aliphatic heterocycles. The Bertz CT molecular complexity index is 130. The third-order valence-corrected chi connectivity index (χ3v) is 1.25. The van der Waals surface area contributed by atoms with Crippen LogP contribution in [0.3, 0.4) is 0 Å². The number of aliphatic hydroxyl groups is 1. The molecule has 0 saturated carbocycles. The second kappa shape index (κ2) is 2.99. The lowest BCUT2D eigenvalue weighted by atomic mass is 9.89. The van der Waals surface area contributed by atoms with Crippen molar-refractivity contribution < 1.29 is 13.9 Å². The average molecular weight is 150 g/mol.